The Hall–Kier alpha value is -1.66. The van der Waals surface area contributed by atoms with Crippen molar-refractivity contribution >= 4 is 33.1 Å². The number of thiophene rings is 1. The molecule has 3 rings (SSSR count). The van der Waals surface area contributed by atoms with Crippen molar-refractivity contribution in [3.63, 3.8) is 0 Å². The summed E-state index contributed by atoms with van der Waals surface area (Å²) in [4.78, 5) is 17.1. The normalized spacial score (nSPS) is 22.9. The number of amides is 1. The van der Waals surface area contributed by atoms with Gasteiger partial charge in [-0.25, -0.2) is 0 Å². The van der Waals surface area contributed by atoms with Crippen LogP contribution in [0.1, 0.15) is 35.4 Å². The summed E-state index contributed by atoms with van der Waals surface area (Å²) in [5, 5.41) is 3.03. The molecule has 2 unspecified atom stereocenters. The van der Waals surface area contributed by atoms with Crippen LogP contribution >= 0.6 is 11.3 Å². The smallest absolute Gasteiger partial charge is 0.263 e. The molecule has 20 heavy (non-hydrogen) atoms. The van der Waals surface area contributed by atoms with Gasteiger partial charge in [0, 0.05) is 18.3 Å². The molecular formula is C14H18N4OS. The van der Waals surface area contributed by atoms with Crippen molar-refractivity contribution in [2.75, 3.05) is 5.73 Å². The summed E-state index contributed by atoms with van der Waals surface area (Å²) >= 11 is 1.38. The van der Waals surface area contributed by atoms with Crippen LogP contribution in [0.15, 0.2) is 18.3 Å². The molecule has 6 heteroatoms. The molecule has 0 radical (unpaired) electrons. The van der Waals surface area contributed by atoms with Crippen LogP contribution in [0.2, 0.25) is 0 Å². The number of rotatable bonds is 2. The van der Waals surface area contributed by atoms with Crippen LogP contribution in [0.25, 0.3) is 10.2 Å². The van der Waals surface area contributed by atoms with E-state index in [1.165, 1.54) is 11.3 Å². The molecular weight excluding hydrogens is 272 g/mol. The Morgan fingerprint density at radius 2 is 2.20 bits per heavy atom. The topological polar surface area (TPSA) is 94.0 Å². The Labute approximate surface area is 121 Å². The number of anilines is 1. The van der Waals surface area contributed by atoms with Gasteiger partial charge in [-0.2, -0.15) is 0 Å². The molecule has 1 saturated carbocycles. The van der Waals surface area contributed by atoms with E-state index in [9.17, 15) is 4.79 Å². The van der Waals surface area contributed by atoms with E-state index in [1.54, 1.807) is 6.20 Å². The number of carbonyl (C=O) groups is 1. The van der Waals surface area contributed by atoms with Crippen LogP contribution in [0, 0.1) is 0 Å². The first kappa shape index (κ1) is 13.3. The molecule has 0 bridgehead atoms. The first-order valence-corrected chi connectivity index (χ1v) is 7.68. The van der Waals surface area contributed by atoms with Gasteiger partial charge in [-0.3, -0.25) is 9.78 Å². The lowest BCUT2D eigenvalue weighted by Crippen LogP contribution is -2.49. The van der Waals surface area contributed by atoms with E-state index in [2.05, 4.69) is 10.3 Å². The van der Waals surface area contributed by atoms with E-state index < -0.39 is 0 Å². The predicted octanol–water partition coefficient (Wildman–Crippen LogP) is 1.88. The third kappa shape index (κ3) is 2.36. The van der Waals surface area contributed by atoms with Crippen LogP contribution in [0.5, 0.6) is 0 Å². The van der Waals surface area contributed by atoms with E-state index in [0.29, 0.717) is 16.1 Å². The average Bonchev–Trinajstić information content (AvgIpc) is 2.79. The molecule has 0 saturated heterocycles. The second-order valence-electron chi connectivity index (χ2n) is 5.22. The molecule has 2 heterocycles. The van der Waals surface area contributed by atoms with E-state index in [4.69, 9.17) is 11.5 Å². The summed E-state index contributed by atoms with van der Waals surface area (Å²) in [5.74, 6) is -0.132. The zero-order valence-electron chi connectivity index (χ0n) is 11.1. The Bertz CT molecular complexity index is 639. The molecule has 106 valence electrons. The molecule has 2 aromatic heterocycles. The lowest BCUT2D eigenvalue weighted by Gasteiger charge is -2.29. The summed E-state index contributed by atoms with van der Waals surface area (Å²) in [7, 11) is 0. The second kappa shape index (κ2) is 5.38. The first-order valence-electron chi connectivity index (χ1n) is 6.86. The fourth-order valence-electron chi connectivity index (χ4n) is 2.69. The molecule has 5 N–H and O–H groups in total. The molecule has 2 atom stereocenters. The standard InChI is InChI=1S/C14H18N4OS/c15-8-4-1-2-5-9(8)18-14(19)13-11(16)12-10(20-13)6-3-7-17-12/h3,6-9H,1-2,4-5,15-16H2,(H,18,19). The molecule has 1 amide bonds. The largest absolute Gasteiger partial charge is 0.396 e. The molecule has 0 spiro atoms. The Morgan fingerprint density at radius 3 is 2.95 bits per heavy atom. The van der Waals surface area contributed by atoms with Gasteiger partial charge >= 0.3 is 0 Å². The van der Waals surface area contributed by atoms with Crippen LogP contribution in [0.3, 0.4) is 0 Å². The first-order chi connectivity index (χ1) is 9.66. The zero-order valence-corrected chi connectivity index (χ0v) is 12.0. The maximum atomic E-state index is 12.4. The van der Waals surface area contributed by atoms with Crippen molar-refractivity contribution in [2.24, 2.45) is 5.73 Å². The second-order valence-corrected chi connectivity index (χ2v) is 6.28. The number of nitrogens with zero attached hydrogens (tertiary/aromatic N) is 1. The number of pyridine rings is 1. The summed E-state index contributed by atoms with van der Waals surface area (Å²) in [6.45, 7) is 0. The highest BCUT2D eigenvalue weighted by atomic mass is 32.1. The molecule has 1 fully saturated rings. The van der Waals surface area contributed by atoms with E-state index in [0.717, 1.165) is 30.4 Å². The number of nitrogens with two attached hydrogens (primary N) is 2. The third-order valence-corrected chi connectivity index (χ3v) is 4.98. The Balaban J connectivity index is 1.83. The van der Waals surface area contributed by atoms with Crippen molar-refractivity contribution in [3.8, 4) is 0 Å². The maximum Gasteiger partial charge on any atom is 0.263 e. The predicted molar refractivity (Wildman–Crippen MR) is 81.7 cm³/mol. The molecule has 0 aromatic carbocycles. The zero-order chi connectivity index (χ0) is 14.1. The number of aromatic nitrogens is 1. The Morgan fingerprint density at radius 1 is 1.40 bits per heavy atom. The SMILES string of the molecule is Nc1c(C(=O)NC2CCCCC2N)sc2cccnc12. The van der Waals surface area contributed by atoms with Crippen LogP contribution in [0.4, 0.5) is 5.69 Å². The lowest BCUT2D eigenvalue weighted by molar-refractivity contribution is 0.0926. The number of nitrogens with one attached hydrogen (secondary N) is 1. The lowest BCUT2D eigenvalue weighted by atomic mass is 9.91. The molecule has 1 aliphatic rings. The van der Waals surface area contributed by atoms with Gasteiger partial charge in [0.15, 0.2) is 0 Å². The van der Waals surface area contributed by atoms with Crippen molar-refractivity contribution in [1.82, 2.24) is 10.3 Å². The highest BCUT2D eigenvalue weighted by Gasteiger charge is 2.25. The van der Waals surface area contributed by atoms with Gasteiger partial charge in [0.05, 0.1) is 10.4 Å². The number of hydrogen-bond donors (Lipinski definition) is 3. The van der Waals surface area contributed by atoms with Gasteiger partial charge in [0.1, 0.15) is 10.4 Å². The van der Waals surface area contributed by atoms with Gasteiger partial charge in [0.2, 0.25) is 0 Å². The highest BCUT2D eigenvalue weighted by Crippen LogP contribution is 2.32. The van der Waals surface area contributed by atoms with Gasteiger partial charge in [-0.05, 0) is 25.0 Å². The number of carbonyl (C=O) groups excluding carboxylic acids is 1. The minimum Gasteiger partial charge on any atom is -0.396 e. The molecule has 2 aromatic rings. The van der Waals surface area contributed by atoms with Crippen LogP contribution < -0.4 is 16.8 Å². The van der Waals surface area contributed by atoms with Gasteiger partial charge in [-0.1, -0.05) is 12.8 Å². The molecule has 5 nitrogen and oxygen atoms in total. The van der Waals surface area contributed by atoms with Crippen LogP contribution in [-0.2, 0) is 0 Å². The average molecular weight is 290 g/mol. The van der Waals surface area contributed by atoms with Gasteiger partial charge < -0.3 is 16.8 Å². The van der Waals surface area contributed by atoms with E-state index in [1.807, 2.05) is 12.1 Å². The van der Waals surface area contributed by atoms with Crippen LogP contribution in [-0.4, -0.2) is 23.0 Å². The minimum absolute atomic E-state index is 0.0430. The fraction of sp³-hybridized carbons (Fsp3) is 0.429. The number of nitrogen functional groups attached to an aromatic ring is 1. The number of fused-ring (bicyclic) bond motifs is 1. The third-order valence-electron chi connectivity index (χ3n) is 3.82. The summed E-state index contributed by atoms with van der Waals surface area (Å²) in [6, 6.07) is 3.86. The monoisotopic (exact) mass is 290 g/mol. The number of hydrogen-bond acceptors (Lipinski definition) is 5. The summed E-state index contributed by atoms with van der Waals surface area (Å²) < 4.78 is 0.933. The van der Waals surface area contributed by atoms with Crippen molar-refractivity contribution < 1.29 is 4.79 Å². The van der Waals surface area contributed by atoms with Crippen molar-refractivity contribution in [1.29, 1.82) is 0 Å². The quantitative estimate of drug-likeness (QED) is 0.787. The summed E-state index contributed by atoms with van der Waals surface area (Å²) in [5.41, 5.74) is 13.3. The van der Waals surface area contributed by atoms with Crippen molar-refractivity contribution in [2.45, 2.75) is 37.8 Å². The fourth-order valence-corrected chi connectivity index (χ4v) is 3.67. The van der Waals surface area contributed by atoms with E-state index in [-0.39, 0.29) is 18.0 Å². The maximum absolute atomic E-state index is 12.4. The molecule has 1 aliphatic carbocycles. The molecule has 0 aliphatic heterocycles. The summed E-state index contributed by atoms with van der Waals surface area (Å²) in [6.07, 6.45) is 5.85. The highest BCUT2D eigenvalue weighted by molar-refractivity contribution is 7.21. The Kier molecular flexibility index (Phi) is 3.58. The van der Waals surface area contributed by atoms with Crippen molar-refractivity contribution in [3.05, 3.63) is 23.2 Å². The van der Waals surface area contributed by atoms with Gasteiger partial charge in [0.25, 0.3) is 5.91 Å². The minimum atomic E-state index is -0.132. The van der Waals surface area contributed by atoms with Gasteiger partial charge in [-0.15, -0.1) is 11.3 Å². The van der Waals surface area contributed by atoms with E-state index >= 15 is 0 Å².